The van der Waals surface area contributed by atoms with E-state index in [2.05, 4.69) is 15.3 Å². The van der Waals surface area contributed by atoms with Gasteiger partial charge in [-0.1, -0.05) is 19.3 Å². The molecule has 2 unspecified atom stereocenters. The van der Waals surface area contributed by atoms with Crippen LogP contribution in [0, 0.1) is 0 Å². The van der Waals surface area contributed by atoms with Gasteiger partial charge in [0.2, 0.25) is 5.88 Å². The Morgan fingerprint density at radius 3 is 2.94 bits per heavy atom. The molecule has 1 heterocycles. The maximum Gasteiger partial charge on any atom is 0.218 e. The van der Waals surface area contributed by atoms with Crippen LogP contribution in [-0.2, 0) is 0 Å². The number of hydrogen-bond acceptors (Lipinski definition) is 4. The lowest BCUT2D eigenvalue weighted by Gasteiger charge is -2.21. The highest BCUT2D eigenvalue weighted by Gasteiger charge is 2.21. The number of rotatable bonds is 3. The summed E-state index contributed by atoms with van der Waals surface area (Å²) in [6.07, 6.45) is 7.39. The molecule has 1 aromatic heterocycles. The quantitative estimate of drug-likeness (QED) is 0.667. The monoisotopic (exact) mass is 255 g/mol. The average molecular weight is 256 g/mol. The molecule has 0 radical (unpaired) electrons. The molecule has 0 bridgehead atoms. The number of alkyl halides is 1. The molecule has 2 atom stereocenters. The Balaban J connectivity index is 2.02. The second kappa shape index (κ2) is 6.05. The Morgan fingerprint density at radius 2 is 2.12 bits per heavy atom. The fourth-order valence-electron chi connectivity index (χ4n) is 2.14. The van der Waals surface area contributed by atoms with Crippen molar-refractivity contribution in [2.45, 2.75) is 43.5 Å². The first-order valence-electron chi connectivity index (χ1n) is 6.06. The summed E-state index contributed by atoms with van der Waals surface area (Å²) in [6, 6.07) is 2.09. The van der Waals surface area contributed by atoms with E-state index in [9.17, 15) is 0 Å². The van der Waals surface area contributed by atoms with Crippen molar-refractivity contribution >= 4 is 17.4 Å². The van der Waals surface area contributed by atoms with Crippen molar-refractivity contribution in [3.63, 3.8) is 0 Å². The van der Waals surface area contributed by atoms with Gasteiger partial charge in [0, 0.05) is 12.1 Å². The van der Waals surface area contributed by atoms with Gasteiger partial charge in [-0.05, 0) is 12.8 Å². The van der Waals surface area contributed by atoms with Gasteiger partial charge in [0.05, 0.1) is 12.5 Å². The summed E-state index contributed by atoms with van der Waals surface area (Å²) in [7, 11) is 1.60. The first-order chi connectivity index (χ1) is 8.29. The van der Waals surface area contributed by atoms with Gasteiger partial charge in [-0.2, -0.15) is 0 Å². The van der Waals surface area contributed by atoms with Gasteiger partial charge >= 0.3 is 0 Å². The zero-order valence-electron chi connectivity index (χ0n) is 10.0. The van der Waals surface area contributed by atoms with Gasteiger partial charge in [0.1, 0.15) is 12.1 Å². The van der Waals surface area contributed by atoms with Crippen LogP contribution < -0.4 is 10.1 Å². The summed E-state index contributed by atoms with van der Waals surface area (Å²) in [5.41, 5.74) is 0. The van der Waals surface area contributed by atoms with Crippen LogP contribution in [0.25, 0.3) is 0 Å². The summed E-state index contributed by atoms with van der Waals surface area (Å²) >= 11 is 6.37. The third-order valence-electron chi connectivity index (χ3n) is 3.12. The van der Waals surface area contributed by atoms with E-state index in [0.717, 1.165) is 18.7 Å². The van der Waals surface area contributed by atoms with Crippen molar-refractivity contribution in [2.75, 3.05) is 12.4 Å². The van der Waals surface area contributed by atoms with Gasteiger partial charge in [-0.3, -0.25) is 0 Å². The van der Waals surface area contributed by atoms with E-state index in [4.69, 9.17) is 16.3 Å². The first kappa shape index (κ1) is 12.4. The Hall–Kier alpha value is -1.03. The van der Waals surface area contributed by atoms with Gasteiger partial charge in [0.15, 0.2) is 0 Å². The predicted octanol–water partition coefficient (Wildman–Crippen LogP) is 2.84. The van der Waals surface area contributed by atoms with Crippen LogP contribution >= 0.6 is 11.6 Å². The van der Waals surface area contributed by atoms with E-state index >= 15 is 0 Å². The lowest BCUT2D eigenvalue weighted by Crippen LogP contribution is -2.29. The lowest BCUT2D eigenvalue weighted by molar-refractivity contribution is 0.397. The number of nitrogens with zero attached hydrogens (tertiary/aromatic N) is 2. The highest BCUT2D eigenvalue weighted by molar-refractivity contribution is 6.21. The fraction of sp³-hybridized carbons (Fsp3) is 0.667. The predicted molar refractivity (Wildman–Crippen MR) is 68.7 cm³/mol. The van der Waals surface area contributed by atoms with E-state index in [1.54, 1.807) is 13.2 Å². The molecule has 0 saturated heterocycles. The van der Waals surface area contributed by atoms with Crippen molar-refractivity contribution in [1.82, 2.24) is 9.97 Å². The topological polar surface area (TPSA) is 47.0 Å². The molecule has 1 fully saturated rings. The van der Waals surface area contributed by atoms with Crippen LogP contribution in [0.3, 0.4) is 0 Å². The van der Waals surface area contributed by atoms with Gasteiger partial charge in [0.25, 0.3) is 0 Å². The zero-order chi connectivity index (χ0) is 12.1. The summed E-state index contributed by atoms with van der Waals surface area (Å²) in [5, 5.41) is 3.56. The molecule has 17 heavy (non-hydrogen) atoms. The smallest absolute Gasteiger partial charge is 0.218 e. The third kappa shape index (κ3) is 3.46. The second-order valence-electron chi connectivity index (χ2n) is 4.35. The number of hydrogen-bond donors (Lipinski definition) is 1. The molecule has 0 aromatic carbocycles. The van der Waals surface area contributed by atoms with E-state index < -0.39 is 0 Å². The molecule has 1 aliphatic carbocycles. The standard InChI is InChI=1S/C12H18ClN3O/c1-17-12-7-11(14-8-15-12)16-10-6-4-2-3-5-9(10)13/h7-10H,2-6H2,1H3,(H,14,15,16). The molecular formula is C12H18ClN3O. The number of halogens is 1. The number of nitrogens with one attached hydrogen (secondary N) is 1. The first-order valence-corrected chi connectivity index (χ1v) is 6.50. The molecule has 94 valence electrons. The van der Waals surface area contributed by atoms with Crippen molar-refractivity contribution < 1.29 is 4.74 Å². The largest absolute Gasteiger partial charge is 0.481 e. The van der Waals surface area contributed by atoms with Gasteiger partial charge in [-0.25, -0.2) is 9.97 Å². The Kier molecular flexibility index (Phi) is 4.42. The van der Waals surface area contributed by atoms with Gasteiger partial charge < -0.3 is 10.1 Å². The molecule has 1 aromatic rings. The molecule has 2 rings (SSSR count). The average Bonchev–Trinajstić information content (AvgIpc) is 2.55. The Bertz CT molecular complexity index is 361. The number of methoxy groups -OCH3 is 1. The number of aromatic nitrogens is 2. The Labute approximate surface area is 107 Å². The summed E-state index contributed by atoms with van der Waals surface area (Å²) < 4.78 is 5.07. The molecule has 0 aliphatic heterocycles. The van der Waals surface area contributed by atoms with Crippen molar-refractivity contribution in [2.24, 2.45) is 0 Å². The molecule has 4 nitrogen and oxygen atoms in total. The fourth-order valence-corrected chi connectivity index (χ4v) is 2.49. The second-order valence-corrected chi connectivity index (χ2v) is 4.91. The van der Waals surface area contributed by atoms with E-state index in [0.29, 0.717) is 11.9 Å². The van der Waals surface area contributed by atoms with Crippen molar-refractivity contribution in [3.05, 3.63) is 12.4 Å². The van der Waals surface area contributed by atoms with E-state index in [1.165, 1.54) is 25.6 Å². The van der Waals surface area contributed by atoms with Crippen LogP contribution in [0.5, 0.6) is 5.88 Å². The molecule has 1 aliphatic rings. The lowest BCUT2D eigenvalue weighted by atomic mass is 10.1. The normalized spacial score (nSPS) is 25.1. The highest BCUT2D eigenvalue weighted by Crippen LogP contribution is 2.25. The number of ether oxygens (including phenoxy) is 1. The molecule has 1 N–H and O–H groups in total. The van der Waals surface area contributed by atoms with E-state index in [1.807, 2.05) is 0 Å². The summed E-state index contributed by atoms with van der Waals surface area (Å²) in [4.78, 5) is 8.17. The van der Waals surface area contributed by atoms with Crippen LogP contribution in [0.15, 0.2) is 12.4 Å². The minimum atomic E-state index is 0.179. The molecule has 1 saturated carbocycles. The third-order valence-corrected chi connectivity index (χ3v) is 3.64. The summed E-state index contributed by atoms with van der Waals surface area (Å²) in [6.45, 7) is 0. The Morgan fingerprint density at radius 1 is 1.29 bits per heavy atom. The van der Waals surface area contributed by atoms with E-state index in [-0.39, 0.29) is 5.38 Å². The summed E-state index contributed by atoms with van der Waals surface area (Å²) in [5.74, 6) is 1.36. The molecule has 0 amide bonds. The van der Waals surface area contributed by atoms with Crippen LogP contribution in [0.1, 0.15) is 32.1 Å². The maximum atomic E-state index is 6.37. The van der Waals surface area contributed by atoms with Crippen LogP contribution in [0.4, 0.5) is 5.82 Å². The molecule has 5 heteroatoms. The zero-order valence-corrected chi connectivity index (χ0v) is 10.8. The number of anilines is 1. The molecule has 0 spiro atoms. The van der Waals surface area contributed by atoms with Crippen LogP contribution in [-0.4, -0.2) is 28.5 Å². The minimum absolute atomic E-state index is 0.179. The van der Waals surface area contributed by atoms with Crippen molar-refractivity contribution in [3.8, 4) is 5.88 Å². The highest BCUT2D eigenvalue weighted by atomic mass is 35.5. The van der Waals surface area contributed by atoms with Crippen molar-refractivity contribution in [1.29, 1.82) is 0 Å². The maximum absolute atomic E-state index is 6.37. The SMILES string of the molecule is COc1cc(NC2CCCCCC2Cl)ncn1. The van der Waals surface area contributed by atoms with Crippen LogP contribution in [0.2, 0.25) is 0 Å². The molecular weight excluding hydrogens is 238 g/mol. The van der Waals surface area contributed by atoms with Gasteiger partial charge in [-0.15, -0.1) is 11.6 Å². The minimum Gasteiger partial charge on any atom is -0.481 e.